The predicted molar refractivity (Wildman–Crippen MR) is 72.0 cm³/mol. The highest BCUT2D eigenvalue weighted by Gasteiger charge is 2.46. The standard InChI is InChI=1S/C12H18F3N3O2.ClH/c1-18(7-4-5-16-6-7)11(20)8-2-3-9(12(13,14)15)17-10(8)19;/h7-9,16H,2-6H2,1H3,(H,17,19);1H. The molecule has 0 bridgehead atoms. The van der Waals surface area contributed by atoms with Gasteiger partial charge in [-0.2, -0.15) is 13.2 Å². The van der Waals surface area contributed by atoms with Gasteiger partial charge in [-0.3, -0.25) is 9.59 Å². The Balaban J connectivity index is 0.00000220. The summed E-state index contributed by atoms with van der Waals surface area (Å²) in [5.41, 5.74) is 0. The van der Waals surface area contributed by atoms with E-state index in [0.29, 0.717) is 6.54 Å². The Morgan fingerprint density at radius 1 is 1.29 bits per heavy atom. The Labute approximate surface area is 127 Å². The number of nitrogens with one attached hydrogen (secondary N) is 2. The molecule has 2 N–H and O–H groups in total. The molecule has 0 radical (unpaired) electrons. The third-order valence-corrected chi connectivity index (χ3v) is 4.00. The minimum atomic E-state index is -4.45. The maximum atomic E-state index is 12.5. The second-order valence-corrected chi connectivity index (χ2v) is 5.33. The zero-order chi connectivity index (χ0) is 14.9. The molecular formula is C12H19ClF3N3O2. The number of halogens is 4. The van der Waals surface area contributed by atoms with Crippen LogP contribution in [0.4, 0.5) is 13.2 Å². The first-order valence-electron chi connectivity index (χ1n) is 6.65. The molecule has 0 saturated carbocycles. The fourth-order valence-electron chi connectivity index (χ4n) is 2.69. The van der Waals surface area contributed by atoms with Crippen LogP contribution in [0.1, 0.15) is 19.3 Å². The highest BCUT2D eigenvalue weighted by Crippen LogP contribution is 2.29. The number of alkyl halides is 3. The molecule has 2 fully saturated rings. The van der Waals surface area contributed by atoms with Crippen LogP contribution in [0, 0.1) is 5.92 Å². The molecule has 2 aliphatic heterocycles. The number of likely N-dealkylation sites (N-methyl/N-ethyl adjacent to an activating group) is 1. The van der Waals surface area contributed by atoms with E-state index in [4.69, 9.17) is 0 Å². The summed E-state index contributed by atoms with van der Waals surface area (Å²) in [6.07, 6.45) is -3.96. The number of hydrogen-bond donors (Lipinski definition) is 2. The van der Waals surface area contributed by atoms with Crippen molar-refractivity contribution >= 4 is 24.2 Å². The molecule has 2 amide bonds. The van der Waals surface area contributed by atoms with Gasteiger partial charge in [0.1, 0.15) is 12.0 Å². The molecule has 2 heterocycles. The van der Waals surface area contributed by atoms with Crippen molar-refractivity contribution in [3.05, 3.63) is 0 Å². The highest BCUT2D eigenvalue weighted by molar-refractivity contribution is 6.00. The van der Waals surface area contributed by atoms with Crippen molar-refractivity contribution in [1.29, 1.82) is 0 Å². The van der Waals surface area contributed by atoms with Crippen molar-refractivity contribution in [2.24, 2.45) is 5.92 Å². The Bertz CT molecular complexity index is 400. The van der Waals surface area contributed by atoms with E-state index in [9.17, 15) is 22.8 Å². The average molecular weight is 330 g/mol. The number of hydrogen-bond acceptors (Lipinski definition) is 3. The van der Waals surface area contributed by atoms with E-state index in [0.717, 1.165) is 13.0 Å². The lowest BCUT2D eigenvalue weighted by Gasteiger charge is -2.33. The van der Waals surface area contributed by atoms with Crippen molar-refractivity contribution < 1.29 is 22.8 Å². The molecule has 3 unspecified atom stereocenters. The first kappa shape index (κ1) is 18.0. The van der Waals surface area contributed by atoms with E-state index in [1.165, 1.54) is 4.90 Å². The van der Waals surface area contributed by atoms with Gasteiger partial charge in [0.2, 0.25) is 11.8 Å². The zero-order valence-corrected chi connectivity index (χ0v) is 12.4. The van der Waals surface area contributed by atoms with Gasteiger partial charge in [-0.1, -0.05) is 0 Å². The lowest BCUT2D eigenvalue weighted by atomic mass is 9.92. The van der Waals surface area contributed by atoms with Crippen molar-refractivity contribution in [1.82, 2.24) is 15.5 Å². The normalized spacial score (nSPS) is 29.5. The summed E-state index contributed by atoms with van der Waals surface area (Å²) in [5.74, 6) is -2.21. The van der Waals surface area contributed by atoms with Gasteiger partial charge in [0.05, 0.1) is 0 Å². The maximum Gasteiger partial charge on any atom is 0.408 e. The van der Waals surface area contributed by atoms with Crippen molar-refractivity contribution in [3.8, 4) is 0 Å². The second-order valence-electron chi connectivity index (χ2n) is 5.33. The lowest BCUT2D eigenvalue weighted by Crippen LogP contribution is -2.55. The molecule has 2 aliphatic rings. The smallest absolute Gasteiger partial charge is 0.344 e. The third kappa shape index (κ3) is 4.00. The minimum Gasteiger partial charge on any atom is -0.344 e. The number of carbonyl (C=O) groups is 2. The quantitative estimate of drug-likeness (QED) is 0.733. The topological polar surface area (TPSA) is 61.4 Å². The first-order valence-corrected chi connectivity index (χ1v) is 6.65. The molecule has 0 aromatic carbocycles. The lowest BCUT2D eigenvalue weighted by molar-refractivity contribution is -0.172. The average Bonchev–Trinajstić information content (AvgIpc) is 2.89. The zero-order valence-electron chi connectivity index (χ0n) is 11.6. The van der Waals surface area contributed by atoms with Crippen LogP contribution in [-0.2, 0) is 9.59 Å². The van der Waals surface area contributed by atoms with Crippen LogP contribution in [0.25, 0.3) is 0 Å². The van der Waals surface area contributed by atoms with Gasteiger partial charge < -0.3 is 15.5 Å². The molecule has 3 atom stereocenters. The number of piperidine rings is 1. The van der Waals surface area contributed by atoms with Gasteiger partial charge in [-0.05, 0) is 25.8 Å². The van der Waals surface area contributed by atoms with Gasteiger partial charge in [0.15, 0.2) is 0 Å². The molecule has 21 heavy (non-hydrogen) atoms. The SMILES string of the molecule is CN(C(=O)C1CCC(C(F)(F)F)NC1=O)C1CCNC1.Cl. The van der Waals surface area contributed by atoms with Gasteiger partial charge in [0, 0.05) is 19.6 Å². The molecule has 122 valence electrons. The fourth-order valence-corrected chi connectivity index (χ4v) is 2.69. The summed E-state index contributed by atoms with van der Waals surface area (Å²) in [5, 5.41) is 5.01. The Hall–Kier alpha value is -1.02. The van der Waals surface area contributed by atoms with Gasteiger partial charge in [0.25, 0.3) is 0 Å². The van der Waals surface area contributed by atoms with Crippen molar-refractivity contribution in [2.75, 3.05) is 20.1 Å². The number of carbonyl (C=O) groups excluding carboxylic acids is 2. The first-order chi connectivity index (χ1) is 9.30. The Morgan fingerprint density at radius 3 is 2.43 bits per heavy atom. The molecule has 0 aromatic heterocycles. The minimum absolute atomic E-state index is 0. The number of rotatable bonds is 2. The van der Waals surface area contributed by atoms with Crippen molar-refractivity contribution in [3.63, 3.8) is 0 Å². The van der Waals surface area contributed by atoms with E-state index in [1.807, 2.05) is 5.32 Å². The summed E-state index contributed by atoms with van der Waals surface area (Å²) >= 11 is 0. The van der Waals surface area contributed by atoms with Crippen molar-refractivity contribution in [2.45, 2.75) is 37.5 Å². The van der Waals surface area contributed by atoms with Gasteiger partial charge >= 0.3 is 6.18 Å². The van der Waals surface area contributed by atoms with E-state index >= 15 is 0 Å². The highest BCUT2D eigenvalue weighted by atomic mass is 35.5. The summed E-state index contributed by atoms with van der Waals surface area (Å²) in [6.45, 7) is 1.46. The summed E-state index contributed by atoms with van der Waals surface area (Å²) in [4.78, 5) is 25.4. The molecular weight excluding hydrogens is 311 g/mol. The second kappa shape index (κ2) is 6.83. The summed E-state index contributed by atoms with van der Waals surface area (Å²) < 4.78 is 37.6. The van der Waals surface area contributed by atoms with E-state index < -0.39 is 30.0 Å². The molecule has 0 aliphatic carbocycles. The maximum absolute atomic E-state index is 12.5. The largest absolute Gasteiger partial charge is 0.408 e. The summed E-state index contributed by atoms with van der Waals surface area (Å²) in [6, 6.07) is -1.83. The van der Waals surface area contributed by atoms with Gasteiger partial charge in [-0.15, -0.1) is 12.4 Å². The molecule has 2 rings (SSSR count). The van der Waals surface area contributed by atoms with Crippen LogP contribution in [0.15, 0.2) is 0 Å². The van der Waals surface area contributed by atoms with Crippen LogP contribution in [0.2, 0.25) is 0 Å². The fraction of sp³-hybridized carbons (Fsp3) is 0.833. The molecule has 0 spiro atoms. The van der Waals surface area contributed by atoms with Crippen LogP contribution in [0.3, 0.4) is 0 Å². The Kier molecular flexibility index (Phi) is 5.86. The van der Waals surface area contributed by atoms with Crippen LogP contribution >= 0.6 is 12.4 Å². The van der Waals surface area contributed by atoms with Crippen LogP contribution < -0.4 is 10.6 Å². The van der Waals surface area contributed by atoms with Gasteiger partial charge in [-0.25, -0.2) is 0 Å². The Morgan fingerprint density at radius 2 is 1.95 bits per heavy atom. The monoisotopic (exact) mass is 329 g/mol. The number of nitrogens with zero attached hydrogens (tertiary/aromatic N) is 1. The van der Waals surface area contributed by atoms with Crippen LogP contribution in [-0.4, -0.2) is 55.1 Å². The van der Waals surface area contributed by atoms with E-state index in [1.54, 1.807) is 7.05 Å². The number of amides is 2. The van der Waals surface area contributed by atoms with Crippen LogP contribution in [0.5, 0.6) is 0 Å². The van der Waals surface area contributed by atoms with E-state index in [-0.39, 0.29) is 31.3 Å². The molecule has 5 nitrogen and oxygen atoms in total. The van der Waals surface area contributed by atoms with E-state index in [2.05, 4.69) is 5.32 Å². The molecule has 2 saturated heterocycles. The predicted octanol–water partition coefficient (Wildman–Crippen LogP) is 0.686. The molecule has 0 aromatic rings. The molecule has 9 heteroatoms. The summed E-state index contributed by atoms with van der Waals surface area (Å²) in [7, 11) is 1.60. The third-order valence-electron chi connectivity index (χ3n) is 4.00.